The minimum Gasteiger partial charge on any atom is -0.478 e. The van der Waals surface area contributed by atoms with Crippen molar-refractivity contribution < 1.29 is 19.4 Å². The van der Waals surface area contributed by atoms with Crippen molar-refractivity contribution in [1.82, 2.24) is 0 Å². The van der Waals surface area contributed by atoms with Gasteiger partial charge in [0, 0.05) is 24.8 Å². The first kappa shape index (κ1) is 14.5. The molecule has 1 aromatic carbocycles. The lowest BCUT2D eigenvalue weighted by Gasteiger charge is -2.26. The molecule has 1 aliphatic heterocycles. The predicted octanol–water partition coefficient (Wildman–Crippen LogP) is 2.39. The SMILES string of the molecule is CC(C(=O)Nc1ccc(C(=O)O)cc1)C1CCOCC1. The molecule has 1 unspecified atom stereocenters. The fraction of sp³-hybridized carbons (Fsp3) is 0.467. The van der Waals surface area contributed by atoms with Crippen molar-refractivity contribution in [2.24, 2.45) is 11.8 Å². The molecular formula is C15H19NO4. The number of rotatable bonds is 4. The molecule has 5 nitrogen and oxygen atoms in total. The lowest BCUT2D eigenvalue weighted by molar-refractivity contribution is -0.122. The zero-order valence-electron chi connectivity index (χ0n) is 11.5. The minimum atomic E-state index is -0.974. The van der Waals surface area contributed by atoms with E-state index < -0.39 is 5.97 Å². The zero-order valence-corrected chi connectivity index (χ0v) is 11.5. The fourth-order valence-corrected chi connectivity index (χ4v) is 2.38. The highest BCUT2D eigenvalue weighted by Crippen LogP contribution is 2.24. The molecule has 1 atom stereocenters. The van der Waals surface area contributed by atoms with E-state index in [0.717, 1.165) is 26.1 Å². The molecule has 1 amide bonds. The summed E-state index contributed by atoms with van der Waals surface area (Å²) in [7, 11) is 0. The zero-order chi connectivity index (χ0) is 14.5. The average molecular weight is 277 g/mol. The lowest BCUT2D eigenvalue weighted by Crippen LogP contribution is -2.30. The second-order valence-corrected chi connectivity index (χ2v) is 5.11. The summed E-state index contributed by atoms with van der Waals surface area (Å²) in [6.07, 6.45) is 1.82. The second-order valence-electron chi connectivity index (χ2n) is 5.11. The van der Waals surface area contributed by atoms with Crippen LogP contribution in [0.25, 0.3) is 0 Å². The van der Waals surface area contributed by atoms with Gasteiger partial charge in [-0.05, 0) is 43.0 Å². The Kier molecular flexibility index (Phi) is 4.74. The Morgan fingerprint density at radius 2 is 1.85 bits per heavy atom. The van der Waals surface area contributed by atoms with Gasteiger partial charge in [-0.15, -0.1) is 0 Å². The van der Waals surface area contributed by atoms with Crippen LogP contribution in [0, 0.1) is 11.8 Å². The molecule has 1 aliphatic rings. The van der Waals surface area contributed by atoms with Gasteiger partial charge in [0.05, 0.1) is 5.56 Å². The molecule has 5 heteroatoms. The van der Waals surface area contributed by atoms with Crippen molar-refractivity contribution >= 4 is 17.6 Å². The van der Waals surface area contributed by atoms with Crippen LogP contribution in [0.1, 0.15) is 30.1 Å². The Bertz CT molecular complexity index is 477. The number of carbonyl (C=O) groups excluding carboxylic acids is 1. The molecule has 108 valence electrons. The smallest absolute Gasteiger partial charge is 0.335 e. The van der Waals surface area contributed by atoms with E-state index in [4.69, 9.17) is 9.84 Å². The largest absolute Gasteiger partial charge is 0.478 e. The molecule has 0 spiro atoms. The average Bonchev–Trinajstić information content (AvgIpc) is 2.48. The van der Waals surface area contributed by atoms with Crippen molar-refractivity contribution in [2.45, 2.75) is 19.8 Å². The fourth-order valence-electron chi connectivity index (χ4n) is 2.38. The van der Waals surface area contributed by atoms with Crippen LogP contribution in [0.15, 0.2) is 24.3 Å². The van der Waals surface area contributed by atoms with Crippen LogP contribution in [0.5, 0.6) is 0 Å². The second kappa shape index (κ2) is 6.52. The van der Waals surface area contributed by atoms with Gasteiger partial charge in [-0.25, -0.2) is 4.79 Å². The van der Waals surface area contributed by atoms with Crippen molar-refractivity contribution in [2.75, 3.05) is 18.5 Å². The number of carboxylic acid groups (broad SMARTS) is 1. The molecule has 0 aromatic heterocycles. The number of ether oxygens (including phenoxy) is 1. The normalized spacial score (nSPS) is 17.4. The molecule has 20 heavy (non-hydrogen) atoms. The van der Waals surface area contributed by atoms with E-state index in [2.05, 4.69) is 5.32 Å². The first-order chi connectivity index (χ1) is 9.58. The van der Waals surface area contributed by atoms with Gasteiger partial charge in [0.1, 0.15) is 0 Å². The highest BCUT2D eigenvalue weighted by molar-refractivity contribution is 5.93. The summed E-state index contributed by atoms with van der Waals surface area (Å²) in [5.74, 6) is -0.724. The first-order valence-corrected chi connectivity index (χ1v) is 6.80. The maximum absolute atomic E-state index is 12.2. The number of carboxylic acids is 1. The van der Waals surface area contributed by atoms with E-state index in [1.54, 1.807) is 12.1 Å². The molecule has 1 heterocycles. The van der Waals surface area contributed by atoms with Gasteiger partial charge in [-0.1, -0.05) is 6.92 Å². The molecule has 0 bridgehead atoms. The third-order valence-electron chi connectivity index (χ3n) is 3.79. The Labute approximate surface area is 117 Å². The molecule has 2 N–H and O–H groups in total. The number of anilines is 1. The summed E-state index contributed by atoms with van der Waals surface area (Å²) < 4.78 is 5.30. The number of amides is 1. The molecule has 2 rings (SSSR count). The Morgan fingerprint density at radius 1 is 1.25 bits per heavy atom. The lowest BCUT2D eigenvalue weighted by atomic mass is 9.87. The molecule has 0 saturated carbocycles. The first-order valence-electron chi connectivity index (χ1n) is 6.80. The summed E-state index contributed by atoms with van der Waals surface area (Å²) in [6, 6.07) is 6.18. The Balaban J connectivity index is 1.94. The number of hydrogen-bond acceptors (Lipinski definition) is 3. The number of hydrogen-bond donors (Lipinski definition) is 2. The minimum absolute atomic E-state index is 0.0278. The van der Waals surface area contributed by atoms with Crippen LogP contribution in [0.4, 0.5) is 5.69 Å². The van der Waals surface area contributed by atoms with Gasteiger partial charge in [0.15, 0.2) is 0 Å². The summed E-state index contributed by atoms with van der Waals surface area (Å²) in [6.45, 7) is 3.36. The summed E-state index contributed by atoms with van der Waals surface area (Å²) >= 11 is 0. The van der Waals surface area contributed by atoms with Crippen LogP contribution in [0.2, 0.25) is 0 Å². The number of aromatic carboxylic acids is 1. The van der Waals surface area contributed by atoms with E-state index in [0.29, 0.717) is 11.6 Å². The van der Waals surface area contributed by atoms with Gasteiger partial charge < -0.3 is 15.2 Å². The Hall–Kier alpha value is -1.88. The van der Waals surface area contributed by atoms with Crippen LogP contribution in [0.3, 0.4) is 0 Å². The van der Waals surface area contributed by atoms with Gasteiger partial charge in [-0.2, -0.15) is 0 Å². The van der Waals surface area contributed by atoms with Gasteiger partial charge in [-0.3, -0.25) is 4.79 Å². The van der Waals surface area contributed by atoms with Crippen LogP contribution in [-0.2, 0) is 9.53 Å². The van der Waals surface area contributed by atoms with Crippen LogP contribution >= 0.6 is 0 Å². The van der Waals surface area contributed by atoms with E-state index in [1.165, 1.54) is 12.1 Å². The molecule has 1 aromatic rings. The molecular weight excluding hydrogens is 258 g/mol. The Morgan fingerprint density at radius 3 is 2.40 bits per heavy atom. The van der Waals surface area contributed by atoms with Crippen molar-refractivity contribution in [1.29, 1.82) is 0 Å². The summed E-state index contributed by atoms with van der Waals surface area (Å²) in [5.41, 5.74) is 0.833. The van der Waals surface area contributed by atoms with E-state index in [9.17, 15) is 9.59 Å². The van der Waals surface area contributed by atoms with Crippen LogP contribution < -0.4 is 5.32 Å². The molecule has 1 saturated heterocycles. The predicted molar refractivity (Wildman–Crippen MR) is 74.7 cm³/mol. The summed E-state index contributed by atoms with van der Waals surface area (Å²) in [4.78, 5) is 22.9. The number of benzene rings is 1. The van der Waals surface area contributed by atoms with Crippen LogP contribution in [-0.4, -0.2) is 30.2 Å². The van der Waals surface area contributed by atoms with E-state index >= 15 is 0 Å². The van der Waals surface area contributed by atoms with Gasteiger partial charge >= 0.3 is 5.97 Å². The van der Waals surface area contributed by atoms with Gasteiger partial charge in [0.25, 0.3) is 0 Å². The maximum atomic E-state index is 12.2. The maximum Gasteiger partial charge on any atom is 0.335 e. The topological polar surface area (TPSA) is 75.6 Å². The van der Waals surface area contributed by atoms with E-state index in [1.807, 2.05) is 6.92 Å². The molecule has 0 radical (unpaired) electrons. The number of carbonyl (C=O) groups is 2. The van der Waals surface area contributed by atoms with Gasteiger partial charge in [0.2, 0.25) is 5.91 Å². The standard InChI is InChI=1S/C15H19NO4/c1-10(11-6-8-20-9-7-11)14(17)16-13-4-2-12(3-5-13)15(18)19/h2-5,10-11H,6-9H2,1H3,(H,16,17)(H,18,19). The monoisotopic (exact) mass is 277 g/mol. The van der Waals surface area contributed by atoms with Crippen molar-refractivity contribution in [3.8, 4) is 0 Å². The highest BCUT2D eigenvalue weighted by atomic mass is 16.5. The summed E-state index contributed by atoms with van der Waals surface area (Å²) in [5, 5.41) is 11.6. The third kappa shape index (κ3) is 3.57. The molecule has 1 fully saturated rings. The van der Waals surface area contributed by atoms with Crippen molar-refractivity contribution in [3.63, 3.8) is 0 Å². The number of nitrogens with one attached hydrogen (secondary N) is 1. The highest BCUT2D eigenvalue weighted by Gasteiger charge is 2.25. The van der Waals surface area contributed by atoms with Crippen molar-refractivity contribution in [3.05, 3.63) is 29.8 Å². The molecule has 0 aliphatic carbocycles. The van der Waals surface area contributed by atoms with E-state index in [-0.39, 0.29) is 17.4 Å². The third-order valence-corrected chi connectivity index (χ3v) is 3.79. The quantitative estimate of drug-likeness (QED) is 0.886.